The largest absolute Gasteiger partial charge is 0.479 e. The van der Waals surface area contributed by atoms with Gasteiger partial charge in [0.1, 0.15) is 0 Å². The summed E-state index contributed by atoms with van der Waals surface area (Å²) >= 11 is 8.55. The highest BCUT2D eigenvalue weighted by atomic mass is 35.5. The Morgan fingerprint density at radius 1 is 1.27 bits per heavy atom. The molecule has 158 valence electrons. The molecule has 0 bridgehead atoms. The number of aryl methyl sites for hydroxylation is 3. The summed E-state index contributed by atoms with van der Waals surface area (Å²) < 4.78 is 6.99. The summed E-state index contributed by atoms with van der Waals surface area (Å²) in [6, 6.07) is 6.22. The molecule has 2 heterocycles. The van der Waals surface area contributed by atoms with Crippen molar-refractivity contribution in [2.75, 3.05) is 0 Å². The van der Waals surface area contributed by atoms with Crippen LogP contribution >= 0.6 is 22.9 Å². The maximum Gasteiger partial charge on any atom is 0.337 e. The Labute approximate surface area is 185 Å². The lowest BCUT2D eigenvalue weighted by molar-refractivity contribution is -0.160. The molecule has 0 saturated carbocycles. The van der Waals surface area contributed by atoms with Crippen LogP contribution < -0.4 is 0 Å². The van der Waals surface area contributed by atoms with Crippen molar-refractivity contribution in [2.45, 2.75) is 65.6 Å². The number of aliphatic carboxylic acids is 1. The van der Waals surface area contributed by atoms with Crippen LogP contribution in [0.5, 0.6) is 0 Å². The van der Waals surface area contributed by atoms with Crippen molar-refractivity contribution < 1.29 is 14.6 Å². The third-order valence-corrected chi connectivity index (χ3v) is 6.94. The minimum absolute atomic E-state index is 0.589. The normalized spacial score (nSPS) is 14.9. The number of hydrogen-bond donors (Lipinski definition) is 1. The highest BCUT2D eigenvalue weighted by molar-refractivity contribution is 7.19. The third-order valence-electron chi connectivity index (χ3n) is 5.45. The molecule has 1 aliphatic rings. The lowest BCUT2D eigenvalue weighted by Gasteiger charge is -2.28. The molecular weight excluding hydrogens is 418 g/mol. The fourth-order valence-corrected chi connectivity index (χ4v) is 5.69. The molecule has 4 rings (SSSR count). The Hall–Kier alpha value is -1.95. The van der Waals surface area contributed by atoms with Crippen molar-refractivity contribution in [3.63, 3.8) is 0 Å². The molecule has 1 aliphatic carbocycles. The van der Waals surface area contributed by atoms with E-state index < -0.39 is 17.7 Å². The van der Waals surface area contributed by atoms with E-state index in [0.717, 1.165) is 50.5 Å². The van der Waals surface area contributed by atoms with Crippen LogP contribution in [0.2, 0.25) is 5.02 Å². The van der Waals surface area contributed by atoms with Gasteiger partial charge in [-0.2, -0.15) is 0 Å². The van der Waals surface area contributed by atoms with Crippen molar-refractivity contribution in [3.8, 4) is 11.1 Å². The van der Waals surface area contributed by atoms with Crippen LogP contribution in [-0.4, -0.2) is 21.7 Å². The number of carboxylic acid groups (broad SMARTS) is 1. The fraction of sp³-hybridized carbons (Fsp3) is 0.417. The maximum absolute atomic E-state index is 12.3. The quantitative estimate of drug-likeness (QED) is 0.489. The van der Waals surface area contributed by atoms with Gasteiger partial charge in [0.2, 0.25) is 0 Å². The monoisotopic (exact) mass is 443 g/mol. The standard InChI is InChI=1S/C24H26ClNO3S/c1-12-11-17-22(30-12)19(16-10-9-14-7-6-8-15(14)20(16)25)18(13(2)26-17)21(23(27)28)29-24(3,4)5/h9-11,21H,6-8H2,1-5H3,(H,27,28)/t21-/m0/s1. The second kappa shape index (κ2) is 7.63. The maximum atomic E-state index is 12.3. The number of thiophene rings is 1. The second-order valence-electron chi connectivity index (χ2n) is 8.92. The van der Waals surface area contributed by atoms with Crippen LogP contribution in [0.25, 0.3) is 21.3 Å². The number of fused-ring (bicyclic) bond motifs is 2. The average molecular weight is 444 g/mol. The number of hydrogen-bond acceptors (Lipinski definition) is 4. The first-order chi connectivity index (χ1) is 14.1. The number of rotatable bonds is 4. The van der Waals surface area contributed by atoms with E-state index in [9.17, 15) is 9.90 Å². The average Bonchev–Trinajstić information content (AvgIpc) is 3.24. The summed E-state index contributed by atoms with van der Waals surface area (Å²) in [4.78, 5) is 18.2. The van der Waals surface area contributed by atoms with Gasteiger partial charge >= 0.3 is 5.97 Å². The van der Waals surface area contributed by atoms with Crippen molar-refractivity contribution >= 4 is 39.1 Å². The van der Waals surface area contributed by atoms with Gasteiger partial charge in [-0.15, -0.1) is 11.3 Å². The van der Waals surface area contributed by atoms with E-state index in [1.54, 1.807) is 11.3 Å². The van der Waals surface area contributed by atoms with Crippen molar-refractivity contribution in [3.05, 3.63) is 50.5 Å². The Morgan fingerprint density at radius 3 is 2.67 bits per heavy atom. The van der Waals surface area contributed by atoms with Gasteiger partial charge in [-0.1, -0.05) is 23.7 Å². The highest BCUT2D eigenvalue weighted by Crippen LogP contribution is 2.46. The fourth-order valence-electron chi connectivity index (χ4n) is 4.30. The Bertz CT molecular complexity index is 1160. The molecule has 30 heavy (non-hydrogen) atoms. The Morgan fingerprint density at radius 2 is 2.00 bits per heavy atom. The zero-order valence-electron chi connectivity index (χ0n) is 17.9. The van der Waals surface area contributed by atoms with Crippen LogP contribution in [0.1, 0.15) is 60.6 Å². The van der Waals surface area contributed by atoms with E-state index in [1.807, 2.05) is 46.8 Å². The molecule has 2 aromatic heterocycles. The molecule has 4 nitrogen and oxygen atoms in total. The van der Waals surface area contributed by atoms with Crippen LogP contribution in [0, 0.1) is 13.8 Å². The van der Waals surface area contributed by atoms with Crippen LogP contribution in [0.3, 0.4) is 0 Å². The van der Waals surface area contributed by atoms with Crippen molar-refractivity contribution in [1.82, 2.24) is 4.98 Å². The third kappa shape index (κ3) is 3.75. The molecule has 0 radical (unpaired) electrons. The molecule has 0 aliphatic heterocycles. The zero-order chi connectivity index (χ0) is 21.8. The van der Waals surface area contributed by atoms with Gasteiger partial charge < -0.3 is 9.84 Å². The van der Waals surface area contributed by atoms with E-state index >= 15 is 0 Å². The summed E-state index contributed by atoms with van der Waals surface area (Å²) in [5, 5.41) is 10.8. The minimum Gasteiger partial charge on any atom is -0.479 e. The summed E-state index contributed by atoms with van der Waals surface area (Å²) in [6.07, 6.45) is 1.95. The van der Waals surface area contributed by atoms with Gasteiger partial charge in [0, 0.05) is 27.3 Å². The van der Waals surface area contributed by atoms with E-state index in [0.29, 0.717) is 11.3 Å². The van der Waals surface area contributed by atoms with Gasteiger partial charge in [-0.05, 0) is 71.1 Å². The molecule has 0 spiro atoms. The first-order valence-electron chi connectivity index (χ1n) is 10.2. The Kier molecular flexibility index (Phi) is 5.41. The summed E-state index contributed by atoms with van der Waals surface area (Å²) in [5.74, 6) is -1.03. The van der Waals surface area contributed by atoms with Crippen LogP contribution in [0.4, 0.5) is 0 Å². The lowest BCUT2D eigenvalue weighted by Crippen LogP contribution is -2.28. The number of carbonyl (C=O) groups is 1. The first-order valence-corrected chi connectivity index (χ1v) is 11.4. The molecule has 0 amide bonds. The number of nitrogens with zero attached hydrogens (tertiary/aromatic N) is 1. The molecular formula is C24H26ClNO3S. The zero-order valence-corrected chi connectivity index (χ0v) is 19.5. The summed E-state index contributed by atoms with van der Waals surface area (Å²) in [7, 11) is 0. The van der Waals surface area contributed by atoms with Crippen molar-refractivity contribution in [1.29, 1.82) is 0 Å². The van der Waals surface area contributed by atoms with Crippen LogP contribution in [-0.2, 0) is 22.4 Å². The number of halogens is 1. The lowest BCUT2D eigenvalue weighted by atomic mass is 9.92. The number of ether oxygens (including phenoxy) is 1. The first kappa shape index (κ1) is 21.3. The molecule has 0 unspecified atom stereocenters. The Balaban J connectivity index is 2.07. The number of aromatic nitrogens is 1. The smallest absolute Gasteiger partial charge is 0.337 e. The molecule has 1 atom stereocenters. The molecule has 0 fully saturated rings. The number of carboxylic acids is 1. The molecule has 6 heteroatoms. The van der Waals surface area contributed by atoms with Gasteiger partial charge in [0.25, 0.3) is 0 Å². The second-order valence-corrected chi connectivity index (χ2v) is 10.6. The van der Waals surface area contributed by atoms with Crippen LogP contribution in [0.15, 0.2) is 18.2 Å². The SMILES string of the molecule is Cc1cc2nc(C)c([C@H](OC(C)(C)C)C(=O)O)c(-c3ccc4c(c3Cl)CCC4)c2s1. The summed E-state index contributed by atoms with van der Waals surface area (Å²) in [6.45, 7) is 9.48. The van der Waals surface area contributed by atoms with Gasteiger partial charge in [-0.25, -0.2) is 4.79 Å². The predicted octanol–water partition coefficient (Wildman–Crippen LogP) is 6.66. The molecule has 0 saturated heterocycles. The van der Waals surface area contributed by atoms with Gasteiger partial charge in [0.05, 0.1) is 20.8 Å². The summed E-state index contributed by atoms with van der Waals surface area (Å²) in [5.41, 5.74) is 5.66. The molecule has 1 N–H and O–H groups in total. The van der Waals surface area contributed by atoms with E-state index in [2.05, 4.69) is 6.07 Å². The highest BCUT2D eigenvalue weighted by Gasteiger charge is 2.33. The van der Waals surface area contributed by atoms with E-state index in [1.165, 1.54) is 11.1 Å². The number of pyridine rings is 1. The van der Waals surface area contributed by atoms with Gasteiger partial charge in [-0.3, -0.25) is 4.98 Å². The minimum atomic E-state index is -1.14. The number of benzene rings is 1. The van der Waals surface area contributed by atoms with E-state index in [4.69, 9.17) is 21.3 Å². The molecule has 1 aromatic carbocycles. The molecule has 3 aromatic rings. The topological polar surface area (TPSA) is 59.4 Å². The van der Waals surface area contributed by atoms with E-state index in [-0.39, 0.29) is 0 Å². The van der Waals surface area contributed by atoms with Gasteiger partial charge in [0.15, 0.2) is 6.10 Å². The predicted molar refractivity (Wildman–Crippen MR) is 123 cm³/mol. The van der Waals surface area contributed by atoms with Crippen molar-refractivity contribution in [2.24, 2.45) is 0 Å².